The maximum atomic E-state index is 12.8. The lowest BCUT2D eigenvalue weighted by atomic mass is 9.90. The lowest BCUT2D eigenvalue weighted by molar-refractivity contribution is 0.0695. The first-order chi connectivity index (χ1) is 13.2. The summed E-state index contributed by atoms with van der Waals surface area (Å²) in [6.45, 7) is 5.47. The molecular formula is C21H24N4O2. The summed E-state index contributed by atoms with van der Waals surface area (Å²) < 4.78 is 5.20. The third-order valence-corrected chi connectivity index (χ3v) is 5.27. The number of benzene rings is 1. The highest BCUT2D eigenvalue weighted by Crippen LogP contribution is 2.33. The van der Waals surface area contributed by atoms with Crippen LogP contribution >= 0.6 is 0 Å². The molecule has 0 saturated carbocycles. The molecule has 1 unspecified atom stereocenters. The molecule has 4 rings (SSSR count). The summed E-state index contributed by atoms with van der Waals surface area (Å²) in [5, 5.41) is 11.4. The van der Waals surface area contributed by atoms with Crippen molar-refractivity contribution in [2.45, 2.75) is 39.0 Å². The second kappa shape index (κ2) is 7.39. The number of nitrogens with one attached hydrogen (secondary N) is 1. The molecule has 1 N–H and O–H groups in total. The predicted molar refractivity (Wildman–Crippen MR) is 103 cm³/mol. The fraction of sp³-hybridized carbons (Fsp3) is 0.381. The van der Waals surface area contributed by atoms with Gasteiger partial charge in [-0.15, -0.1) is 0 Å². The molecule has 0 aliphatic carbocycles. The Morgan fingerprint density at radius 1 is 1.33 bits per heavy atom. The van der Waals surface area contributed by atoms with E-state index >= 15 is 0 Å². The van der Waals surface area contributed by atoms with Gasteiger partial charge in [0.1, 0.15) is 5.76 Å². The van der Waals surface area contributed by atoms with E-state index in [9.17, 15) is 4.79 Å². The molecule has 0 radical (unpaired) electrons. The minimum absolute atomic E-state index is 0.0560. The highest BCUT2D eigenvalue weighted by Gasteiger charge is 2.29. The lowest BCUT2D eigenvalue weighted by Crippen LogP contribution is -2.39. The molecular weight excluding hydrogens is 340 g/mol. The molecule has 1 aliphatic rings. The van der Waals surface area contributed by atoms with Crippen LogP contribution in [-0.2, 0) is 6.42 Å². The molecule has 27 heavy (non-hydrogen) atoms. The fourth-order valence-electron chi connectivity index (χ4n) is 3.71. The monoisotopic (exact) mass is 364 g/mol. The van der Waals surface area contributed by atoms with Crippen molar-refractivity contribution in [3.8, 4) is 11.1 Å². The van der Waals surface area contributed by atoms with E-state index in [0.717, 1.165) is 48.4 Å². The summed E-state index contributed by atoms with van der Waals surface area (Å²) in [6.07, 6.45) is 4.61. The van der Waals surface area contributed by atoms with E-state index < -0.39 is 0 Å². The standard InChI is InChI=1S/C21H24N4O2/c1-3-17-11-19(24-27-17)21(26)25-10-4-5-16(13-25)20-18(12-22-23-20)15-8-6-14(2)7-9-15/h6-9,11-12,16H,3-5,10,13H2,1-2H3,(H,22,23). The SMILES string of the molecule is CCc1cc(C(=O)N2CCCC(c3[nH]ncc3-c3ccc(C)cc3)C2)no1. The molecule has 2 aromatic heterocycles. The van der Waals surface area contributed by atoms with Crippen molar-refractivity contribution in [2.24, 2.45) is 0 Å². The number of piperidine rings is 1. The van der Waals surface area contributed by atoms with Gasteiger partial charge >= 0.3 is 0 Å². The van der Waals surface area contributed by atoms with E-state index in [2.05, 4.69) is 46.5 Å². The third kappa shape index (κ3) is 3.52. The molecule has 1 aliphatic heterocycles. The zero-order valence-corrected chi connectivity index (χ0v) is 15.7. The summed E-state index contributed by atoms with van der Waals surface area (Å²) in [4.78, 5) is 14.7. The first-order valence-corrected chi connectivity index (χ1v) is 9.51. The van der Waals surface area contributed by atoms with Gasteiger partial charge in [-0.3, -0.25) is 9.89 Å². The number of nitrogens with zero attached hydrogens (tertiary/aromatic N) is 3. The quantitative estimate of drug-likeness (QED) is 0.760. The van der Waals surface area contributed by atoms with Crippen LogP contribution in [0.1, 0.15) is 53.2 Å². The zero-order chi connectivity index (χ0) is 18.8. The van der Waals surface area contributed by atoms with E-state index in [0.29, 0.717) is 12.2 Å². The Hall–Kier alpha value is -2.89. The Bertz CT molecular complexity index is 926. The zero-order valence-electron chi connectivity index (χ0n) is 15.7. The van der Waals surface area contributed by atoms with Gasteiger partial charge in [-0.25, -0.2) is 0 Å². The van der Waals surface area contributed by atoms with Crippen LogP contribution in [0.15, 0.2) is 41.1 Å². The summed E-state index contributed by atoms with van der Waals surface area (Å²) >= 11 is 0. The smallest absolute Gasteiger partial charge is 0.276 e. The van der Waals surface area contributed by atoms with E-state index in [-0.39, 0.29) is 11.8 Å². The largest absolute Gasteiger partial charge is 0.361 e. The van der Waals surface area contributed by atoms with Crippen molar-refractivity contribution in [2.75, 3.05) is 13.1 Å². The Balaban J connectivity index is 1.54. The number of hydrogen-bond acceptors (Lipinski definition) is 4. The summed E-state index contributed by atoms with van der Waals surface area (Å²) in [6, 6.07) is 10.2. The highest BCUT2D eigenvalue weighted by atomic mass is 16.5. The van der Waals surface area contributed by atoms with Gasteiger partial charge in [-0.1, -0.05) is 41.9 Å². The van der Waals surface area contributed by atoms with Gasteiger partial charge in [0.25, 0.3) is 5.91 Å². The molecule has 0 bridgehead atoms. The third-order valence-electron chi connectivity index (χ3n) is 5.27. The Morgan fingerprint density at radius 3 is 2.89 bits per heavy atom. The minimum atomic E-state index is -0.0560. The van der Waals surface area contributed by atoms with Gasteiger partial charge in [0.2, 0.25) is 0 Å². The van der Waals surface area contributed by atoms with Crippen LogP contribution in [0.2, 0.25) is 0 Å². The molecule has 1 fully saturated rings. The molecule has 1 aromatic carbocycles. The number of aromatic nitrogens is 3. The van der Waals surface area contributed by atoms with E-state index in [4.69, 9.17) is 4.52 Å². The van der Waals surface area contributed by atoms with Crippen molar-refractivity contribution in [3.63, 3.8) is 0 Å². The first kappa shape index (κ1) is 17.5. The van der Waals surface area contributed by atoms with Gasteiger partial charge in [-0.2, -0.15) is 5.10 Å². The second-order valence-electron chi connectivity index (χ2n) is 7.19. The van der Waals surface area contributed by atoms with Crippen LogP contribution in [0.3, 0.4) is 0 Å². The van der Waals surface area contributed by atoms with Crippen LogP contribution < -0.4 is 0 Å². The predicted octanol–water partition coefficient (Wildman–Crippen LogP) is 3.96. The number of hydrogen-bond donors (Lipinski definition) is 1. The molecule has 0 spiro atoms. The topological polar surface area (TPSA) is 75.0 Å². The average molecular weight is 364 g/mol. The summed E-state index contributed by atoms with van der Waals surface area (Å²) in [7, 11) is 0. The van der Waals surface area contributed by atoms with Crippen molar-refractivity contribution in [1.82, 2.24) is 20.3 Å². The molecule has 1 atom stereocenters. The molecule has 3 aromatic rings. The second-order valence-corrected chi connectivity index (χ2v) is 7.19. The highest BCUT2D eigenvalue weighted by molar-refractivity contribution is 5.92. The fourth-order valence-corrected chi connectivity index (χ4v) is 3.71. The van der Waals surface area contributed by atoms with Crippen molar-refractivity contribution >= 4 is 5.91 Å². The average Bonchev–Trinajstić information content (AvgIpc) is 3.38. The number of H-pyrrole nitrogens is 1. The number of carbonyl (C=O) groups is 1. The molecule has 1 saturated heterocycles. The van der Waals surface area contributed by atoms with Crippen LogP contribution in [0.4, 0.5) is 0 Å². The summed E-state index contributed by atoms with van der Waals surface area (Å²) in [5.41, 5.74) is 5.00. The Labute approximate surface area is 158 Å². The number of aryl methyl sites for hydroxylation is 2. The van der Waals surface area contributed by atoms with Crippen LogP contribution in [0, 0.1) is 6.92 Å². The van der Waals surface area contributed by atoms with Gasteiger partial charge in [0.05, 0.1) is 6.20 Å². The minimum Gasteiger partial charge on any atom is -0.361 e. The van der Waals surface area contributed by atoms with E-state index in [1.165, 1.54) is 5.56 Å². The van der Waals surface area contributed by atoms with Gasteiger partial charge in [0.15, 0.2) is 5.69 Å². The van der Waals surface area contributed by atoms with Gasteiger partial charge in [-0.05, 0) is 25.3 Å². The van der Waals surface area contributed by atoms with Gasteiger partial charge < -0.3 is 9.42 Å². The maximum absolute atomic E-state index is 12.8. The normalized spacial score (nSPS) is 17.3. The van der Waals surface area contributed by atoms with Crippen LogP contribution in [-0.4, -0.2) is 39.3 Å². The number of rotatable bonds is 4. The van der Waals surface area contributed by atoms with E-state index in [1.807, 2.05) is 18.0 Å². The molecule has 6 nitrogen and oxygen atoms in total. The number of likely N-dealkylation sites (tertiary alicyclic amines) is 1. The number of carbonyl (C=O) groups excluding carboxylic acids is 1. The number of aromatic amines is 1. The molecule has 1 amide bonds. The Morgan fingerprint density at radius 2 is 2.15 bits per heavy atom. The lowest BCUT2D eigenvalue weighted by Gasteiger charge is -2.32. The molecule has 6 heteroatoms. The van der Waals surface area contributed by atoms with Crippen LogP contribution in [0.25, 0.3) is 11.1 Å². The van der Waals surface area contributed by atoms with Crippen molar-refractivity contribution in [1.29, 1.82) is 0 Å². The summed E-state index contributed by atoms with van der Waals surface area (Å²) in [5.74, 6) is 0.917. The van der Waals surface area contributed by atoms with Crippen molar-refractivity contribution in [3.05, 3.63) is 59.2 Å². The van der Waals surface area contributed by atoms with E-state index in [1.54, 1.807) is 6.07 Å². The van der Waals surface area contributed by atoms with Crippen LogP contribution in [0.5, 0.6) is 0 Å². The van der Waals surface area contributed by atoms with Crippen molar-refractivity contribution < 1.29 is 9.32 Å². The molecule has 140 valence electrons. The Kier molecular flexibility index (Phi) is 4.79. The number of amides is 1. The van der Waals surface area contributed by atoms with Gasteiger partial charge in [0, 0.05) is 42.8 Å². The first-order valence-electron chi connectivity index (χ1n) is 9.51. The molecule has 3 heterocycles. The maximum Gasteiger partial charge on any atom is 0.276 e.